The lowest BCUT2D eigenvalue weighted by atomic mass is 9.46. The van der Waals surface area contributed by atoms with Crippen LogP contribution >= 0.6 is 15.9 Å². The molecule has 0 radical (unpaired) electrons. The Morgan fingerprint density at radius 2 is 1.89 bits per heavy atom. The SMILES string of the molecule is O=C(Nc1nc2ccccc2n1CCN1CCOCC1)C12C[C@H]3C[C@H](C1)CC(n1cnc(Br)n1)(C3)C2. The average molecular weight is 554 g/mol. The Kier molecular flexibility index (Phi) is 5.48. The Bertz CT molecular complexity index is 1280. The molecule has 3 heterocycles. The zero-order valence-corrected chi connectivity index (χ0v) is 22.0. The molecule has 9 nitrogen and oxygen atoms in total. The number of carbonyl (C=O) groups excluding carboxylic acids is 1. The monoisotopic (exact) mass is 553 g/mol. The molecule has 10 heteroatoms. The summed E-state index contributed by atoms with van der Waals surface area (Å²) >= 11 is 3.42. The molecule has 1 aromatic carbocycles. The van der Waals surface area contributed by atoms with E-state index in [1.807, 2.05) is 29.2 Å². The van der Waals surface area contributed by atoms with Crippen LogP contribution in [0.3, 0.4) is 0 Å². The van der Waals surface area contributed by atoms with Crippen molar-refractivity contribution in [1.82, 2.24) is 29.2 Å². The molecule has 0 spiro atoms. The number of aromatic nitrogens is 5. The van der Waals surface area contributed by atoms with Crippen LogP contribution < -0.4 is 5.32 Å². The van der Waals surface area contributed by atoms with Gasteiger partial charge >= 0.3 is 0 Å². The van der Waals surface area contributed by atoms with E-state index in [1.165, 1.54) is 6.42 Å². The normalized spacial score (nSPS) is 31.8. The third kappa shape index (κ3) is 3.80. The van der Waals surface area contributed by atoms with Gasteiger partial charge in [-0.2, -0.15) is 0 Å². The summed E-state index contributed by atoms with van der Waals surface area (Å²) in [7, 11) is 0. The van der Waals surface area contributed by atoms with Crippen LogP contribution in [0.5, 0.6) is 0 Å². The Hall–Kier alpha value is -2.30. The maximum Gasteiger partial charge on any atom is 0.233 e. The maximum absolute atomic E-state index is 14.1. The van der Waals surface area contributed by atoms with E-state index in [1.54, 1.807) is 0 Å². The molecule has 0 unspecified atom stereocenters. The van der Waals surface area contributed by atoms with Gasteiger partial charge in [0.1, 0.15) is 6.33 Å². The van der Waals surface area contributed by atoms with Crippen LogP contribution in [-0.4, -0.2) is 68.0 Å². The number of amides is 1. The highest BCUT2D eigenvalue weighted by molar-refractivity contribution is 9.10. The minimum Gasteiger partial charge on any atom is -0.379 e. The Balaban J connectivity index is 1.18. The summed E-state index contributed by atoms with van der Waals surface area (Å²) in [5.74, 6) is 1.91. The van der Waals surface area contributed by atoms with E-state index in [-0.39, 0.29) is 16.9 Å². The second-order valence-electron chi connectivity index (χ2n) is 11.4. The minimum atomic E-state index is -0.379. The highest BCUT2D eigenvalue weighted by Gasteiger charge is 2.61. The van der Waals surface area contributed by atoms with Gasteiger partial charge in [0, 0.05) is 26.2 Å². The van der Waals surface area contributed by atoms with Crippen molar-refractivity contribution in [3.05, 3.63) is 35.3 Å². The number of imidazole rings is 1. The number of morpholine rings is 1. The van der Waals surface area contributed by atoms with Crippen LogP contribution in [0.1, 0.15) is 38.5 Å². The predicted octanol–water partition coefficient (Wildman–Crippen LogP) is 3.66. The number of fused-ring (bicyclic) bond motifs is 1. The van der Waals surface area contributed by atoms with E-state index in [2.05, 4.69) is 46.9 Å². The van der Waals surface area contributed by atoms with Crippen LogP contribution in [0.2, 0.25) is 0 Å². The van der Waals surface area contributed by atoms with Gasteiger partial charge in [0.25, 0.3) is 0 Å². The van der Waals surface area contributed by atoms with E-state index in [4.69, 9.17) is 9.72 Å². The maximum atomic E-state index is 14.1. The molecule has 1 saturated heterocycles. The number of rotatable bonds is 6. The first kappa shape index (κ1) is 22.9. The van der Waals surface area contributed by atoms with Crippen LogP contribution in [0.15, 0.2) is 35.3 Å². The zero-order valence-electron chi connectivity index (χ0n) is 20.4. The molecule has 4 bridgehead atoms. The highest BCUT2D eigenvalue weighted by atomic mass is 79.9. The predicted molar refractivity (Wildman–Crippen MR) is 138 cm³/mol. The Labute approximate surface area is 218 Å². The van der Waals surface area contributed by atoms with Crippen LogP contribution in [0, 0.1) is 17.3 Å². The summed E-state index contributed by atoms with van der Waals surface area (Å²) < 4.78 is 10.4. The van der Waals surface area contributed by atoms with Crippen LogP contribution in [0.4, 0.5) is 5.95 Å². The van der Waals surface area contributed by atoms with E-state index in [0.717, 1.165) is 82.5 Å². The Morgan fingerprint density at radius 1 is 1.11 bits per heavy atom. The first-order valence-corrected chi connectivity index (χ1v) is 14.0. The molecule has 2 aromatic heterocycles. The van der Waals surface area contributed by atoms with E-state index in [9.17, 15) is 4.79 Å². The third-order valence-electron chi connectivity index (χ3n) is 9.09. The molecule has 5 fully saturated rings. The smallest absolute Gasteiger partial charge is 0.233 e. The molecule has 1 aliphatic heterocycles. The molecule has 8 rings (SSSR count). The number of ether oxygens (including phenoxy) is 1. The zero-order chi connectivity index (χ0) is 24.3. The number of carbonyl (C=O) groups is 1. The molecular formula is C26H32BrN7O2. The topological polar surface area (TPSA) is 90.1 Å². The van der Waals surface area contributed by atoms with Crippen molar-refractivity contribution in [2.45, 2.75) is 50.6 Å². The number of benzene rings is 1. The number of anilines is 1. The third-order valence-corrected chi connectivity index (χ3v) is 9.45. The summed E-state index contributed by atoms with van der Waals surface area (Å²) in [5, 5.41) is 7.98. The molecule has 36 heavy (non-hydrogen) atoms. The van der Waals surface area contributed by atoms with Crippen molar-refractivity contribution in [3.8, 4) is 0 Å². The number of hydrogen-bond acceptors (Lipinski definition) is 6. The highest BCUT2D eigenvalue weighted by Crippen LogP contribution is 2.64. The van der Waals surface area contributed by atoms with Gasteiger partial charge in [0.05, 0.1) is 35.2 Å². The van der Waals surface area contributed by atoms with Gasteiger partial charge in [0.15, 0.2) is 0 Å². The summed E-state index contributed by atoms with van der Waals surface area (Å²) in [6, 6.07) is 8.17. The first-order valence-electron chi connectivity index (χ1n) is 13.2. The molecule has 4 saturated carbocycles. The molecule has 4 aliphatic carbocycles. The number of hydrogen-bond donors (Lipinski definition) is 1. The van der Waals surface area contributed by atoms with Gasteiger partial charge in [-0.15, -0.1) is 5.10 Å². The van der Waals surface area contributed by atoms with Crippen molar-refractivity contribution in [2.24, 2.45) is 17.3 Å². The molecule has 3 aromatic rings. The van der Waals surface area contributed by atoms with Gasteiger partial charge in [-0.25, -0.2) is 14.6 Å². The molecule has 1 amide bonds. The number of para-hydroxylation sites is 2. The van der Waals surface area contributed by atoms with Crippen molar-refractivity contribution < 1.29 is 9.53 Å². The number of nitrogens with zero attached hydrogens (tertiary/aromatic N) is 6. The molecule has 190 valence electrons. The van der Waals surface area contributed by atoms with E-state index in [0.29, 0.717) is 22.5 Å². The standard InChI is InChI=1S/C26H32BrN7O2/c27-23-28-17-34(31-23)26-14-18-11-19(15-26)13-25(12-18,16-26)22(35)30-24-29-20-3-1-2-4-21(20)33(24)6-5-32-7-9-36-10-8-32/h1-4,17-19H,5-16H2,(H,29,30,35)/t18-,19-,25?,26?/m1/s1. The quantitative estimate of drug-likeness (QED) is 0.501. The van der Waals surface area contributed by atoms with E-state index >= 15 is 0 Å². The van der Waals surface area contributed by atoms with Crippen LogP contribution in [-0.2, 0) is 21.6 Å². The lowest BCUT2D eigenvalue weighted by molar-refractivity contribution is -0.150. The summed E-state index contributed by atoms with van der Waals surface area (Å²) in [4.78, 5) is 25.8. The van der Waals surface area contributed by atoms with Crippen LogP contribution in [0.25, 0.3) is 11.0 Å². The van der Waals surface area contributed by atoms with Gasteiger partial charge in [-0.3, -0.25) is 15.0 Å². The molecule has 5 aliphatic rings. The lowest BCUT2D eigenvalue weighted by Gasteiger charge is -2.60. The molecule has 2 atom stereocenters. The van der Waals surface area contributed by atoms with Gasteiger partial charge in [-0.05, 0) is 78.4 Å². The fourth-order valence-electron chi connectivity index (χ4n) is 7.92. The fraction of sp³-hybridized carbons (Fsp3) is 0.615. The fourth-order valence-corrected chi connectivity index (χ4v) is 8.18. The van der Waals surface area contributed by atoms with Gasteiger partial charge < -0.3 is 9.30 Å². The Morgan fingerprint density at radius 3 is 2.64 bits per heavy atom. The second-order valence-corrected chi connectivity index (χ2v) is 12.1. The first-order chi connectivity index (χ1) is 17.5. The average Bonchev–Trinajstić information content (AvgIpc) is 3.46. The summed E-state index contributed by atoms with van der Waals surface area (Å²) in [6.45, 7) is 5.14. The number of halogens is 1. The molecule has 1 N–H and O–H groups in total. The van der Waals surface area contributed by atoms with Crippen molar-refractivity contribution in [1.29, 1.82) is 0 Å². The number of nitrogens with one attached hydrogen (secondary N) is 1. The summed E-state index contributed by atoms with van der Waals surface area (Å²) in [6.07, 6.45) is 7.99. The van der Waals surface area contributed by atoms with Gasteiger partial charge in [0.2, 0.25) is 16.6 Å². The van der Waals surface area contributed by atoms with Crippen molar-refractivity contribution in [3.63, 3.8) is 0 Å². The minimum absolute atomic E-state index is 0.114. The largest absolute Gasteiger partial charge is 0.379 e. The second kappa shape index (κ2) is 8.63. The van der Waals surface area contributed by atoms with Crippen molar-refractivity contribution in [2.75, 3.05) is 38.2 Å². The van der Waals surface area contributed by atoms with E-state index < -0.39 is 0 Å². The van der Waals surface area contributed by atoms with Gasteiger partial charge in [-0.1, -0.05) is 12.1 Å². The summed E-state index contributed by atoms with van der Waals surface area (Å²) in [5.41, 5.74) is 1.49. The van der Waals surface area contributed by atoms with Crippen molar-refractivity contribution >= 4 is 38.8 Å². The lowest BCUT2D eigenvalue weighted by Crippen LogP contribution is -2.60. The molecular weight excluding hydrogens is 522 g/mol.